The number of ether oxygens (including phenoxy) is 1. The maximum absolute atomic E-state index is 11.8. The Hall–Kier alpha value is -2.50. The number of carbonyl (C=O) groups is 2. The minimum atomic E-state index is -0.222. The summed E-state index contributed by atoms with van der Waals surface area (Å²) in [5.41, 5.74) is 1.45. The first-order valence-electron chi connectivity index (χ1n) is 6.71. The van der Waals surface area contributed by atoms with E-state index in [1.165, 1.54) is 0 Å². The van der Waals surface area contributed by atoms with Gasteiger partial charge in [-0.3, -0.25) is 9.59 Å². The maximum Gasteiger partial charge on any atom is 0.239 e. The van der Waals surface area contributed by atoms with E-state index in [0.717, 1.165) is 10.9 Å². The van der Waals surface area contributed by atoms with Crippen molar-refractivity contribution in [2.45, 2.75) is 13.3 Å². The van der Waals surface area contributed by atoms with Crippen LogP contribution in [0, 0.1) is 0 Å². The zero-order valence-corrected chi connectivity index (χ0v) is 12.1. The largest absolute Gasteiger partial charge is 0.497 e. The van der Waals surface area contributed by atoms with Crippen LogP contribution < -0.4 is 15.4 Å². The van der Waals surface area contributed by atoms with Crippen molar-refractivity contribution < 1.29 is 18.7 Å². The van der Waals surface area contributed by atoms with Gasteiger partial charge in [-0.2, -0.15) is 0 Å². The van der Waals surface area contributed by atoms with Crippen LogP contribution in [0.15, 0.2) is 28.9 Å². The number of carbonyl (C=O) groups excluding carboxylic acids is 2. The Labute approximate surface area is 122 Å². The van der Waals surface area contributed by atoms with E-state index >= 15 is 0 Å². The summed E-state index contributed by atoms with van der Waals surface area (Å²) in [5.74, 6) is 0.275. The van der Waals surface area contributed by atoms with E-state index in [1.54, 1.807) is 19.4 Å². The lowest BCUT2D eigenvalue weighted by Crippen LogP contribution is -2.37. The molecule has 1 heterocycles. The van der Waals surface area contributed by atoms with E-state index in [0.29, 0.717) is 17.9 Å². The first-order chi connectivity index (χ1) is 10.1. The lowest BCUT2D eigenvalue weighted by molar-refractivity contribution is -0.125. The monoisotopic (exact) mass is 290 g/mol. The highest BCUT2D eigenvalue weighted by molar-refractivity contribution is 5.90. The lowest BCUT2D eigenvalue weighted by Gasteiger charge is -2.04. The summed E-state index contributed by atoms with van der Waals surface area (Å²) in [6, 6.07) is 5.43. The Morgan fingerprint density at radius 2 is 2.05 bits per heavy atom. The fourth-order valence-corrected chi connectivity index (χ4v) is 2.00. The Morgan fingerprint density at radius 1 is 1.24 bits per heavy atom. The minimum absolute atomic E-state index is 0.0176. The van der Waals surface area contributed by atoms with Crippen molar-refractivity contribution in [2.24, 2.45) is 0 Å². The predicted octanol–water partition coefficient (Wildman–Crippen LogP) is 1.24. The van der Waals surface area contributed by atoms with Crippen LogP contribution in [0.5, 0.6) is 5.75 Å². The van der Waals surface area contributed by atoms with Crippen molar-refractivity contribution in [1.82, 2.24) is 10.6 Å². The smallest absolute Gasteiger partial charge is 0.239 e. The Bertz CT molecular complexity index is 648. The first-order valence-corrected chi connectivity index (χ1v) is 6.71. The lowest BCUT2D eigenvalue weighted by atomic mass is 10.1. The SMILES string of the molecule is CCNC(=O)CNC(=O)Cc1coc2cc(OC)ccc12. The average molecular weight is 290 g/mol. The summed E-state index contributed by atoms with van der Waals surface area (Å²) in [6.07, 6.45) is 1.72. The van der Waals surface area contributed by atoms with Crippen molar-refractivity contribution in [3.63, 3.8) is 0 Å². The molecule has 2 amide bonds. The quantitative estimate of drug-likeness (QED) is 0.838. The van der Waals surface area contributed by atoms with Gasteiger partial charge in [-0.15, -0.1) is 0 Å². The standard InChI is InChI=1S/C15H18N2O4/c1-3-16-15(19)8-17-14(18)6-10-9-21-13-7-11(20-2)4-5-12(10)13/h4-5,7,9H,3,6,8H2,1-2H3,(H,16,19)(H,17,18). The van der Waals surface area contributed by atoms with Crippen LogP contribution >= 0.6 is 0 Å². The number of likely N-dealkylation sites (N-methyl/N-ethyl adjacent to an activating group) is 1. The molecule has 0 aliphatic rings. The summed E-state index contributed by atoms with van der Waals surface area (Å²) >= 11 is 0. The molecule has 0 unspecified atom stereocenters. The zero-order valence-electron chi connectivity index (χ0n) is 12.1. The van der Waals surface area contributed by atoms with Gasteiger partial charge in [-0.25, -0.2) is 0 Å². The van der Waals surface area contributed by atoms with Crippen molar-refractivity contribution in [3.05, 3.63) is 30.0 Å². The molecule has 0 aliphatic heterocycles. The number of amides is 2. The Kier molecular flexibility index (Phi) is 4.81. The summed E-state index contributed by atoms with van der Waals surface area (Å²) in [5, 5.41) is 6.06. The van der Waals surface area contributed by atoms with Gasteiger partial charge in [0.05, 0.1) is 26.3 Å². The van der Waals surface area contributed by atoms with Gasteiger partial charge in [0, 0.05) is 23.6 Å². The van der Waals surface area contributed by atoms with Crippen LogP contribution in [0.4, 0.5) is 0 Å². The molecule has 1 aromatic carbocycles. The van der Waals surface area contributed by atoms with E-state index in [4.69, 9.17) is 9.15 Å². The molecule has 0 saturated carbocycles. The number of hydrogen-bond donors (Lipinski definition) is 2. The fourth-order valence-electron chi connectivity index (χ4n) is 2.00. The van der Waals surface area contributed by atoms with Gasteiger partial charge in [0.15, 0.2) is 0 Å². The molecule has 0 spiro atoms. The van der Waals surface area contributed by atoms with Crippen molar-refractivity contribution >= 4 is 22.8 Å². The molecule has 2 aromatic rings. The minimum Gasteiger partial charge on any atom is -0.497 e. The van der Waals surface area contributed by atoms with E-state index in [1.807, 2.05) is 19.1 Å². The van der Waals surface area contributed by atoms with E-state index in [2.05, 4.69) is 10.6 Å². The molecule has 0 fully saturated rings. The molecule has 2 rings (SSSR count). The van der Waals surface area contributed by atoms with Crippen molar-refractivity contribution in [2.75, 3.05) is 20.2 Å². The molecule has 21 heavy (non-hydrogen) atoms. The van der Waals surface area contributed by atoms with Gasteiger partial charge in [0.1, 0.15) is 11.3 Å². The summed E-state index contributed by atoms with van der Waals surface area (Å²) in [6.45, 7) is 2.35. The summed E-state index contributed by atoms with van der Waals surface area (Å²) < 4.78 is 10.5. The normalized spacial score (nSPS) is 10.4. The van der Waals surface area contributed by atoms with E-state index < -0.39 is 0 Å². The summed E-state index contributed by atoms with van der Waals surface area (Å²) in [7, 11) is 1.58. The zero-order chi connectivity index (χ0) is 15.2. The fraction of sp³-hybridized carbons (Fsp3) is 0.333. The maximum atomic E-state index is 11.8. The third-order valence-electron chi connectivity index (χ3n) is 3.03. The molecule has 0 atom stereocenters. The number of rotatable bonds is 6. The molecule has 6 nitrogen and oxygen atoms in total. The van der Waals surface area contributed by atoms with Gasteiger partial charge in [0.25, 0.3) is 0 Å². The molecule has 0 bridgehead atoms. The molecule has 1 aromatic heterocycles. The Morgan fingerprint density at radius 3 is 2.76 bits per heavy atom. The van der Waals surface area contributed by atoms with Gasteiger partial charge >= 0.3 is 0 Å². The van der Waals surface area contributed by atoms with Crippen LogP contribution in [0.3, 0.4) is 0 Å². The molecule has 6 heteroatoms. The number of nitrogens with one attached hydrogen (secondary N) is 2. The highest BCUT2D eigenvalue weighted by Gasteiger charge is 2.11. The topological polar surface area (TPSA) is 80.6 Å². The van der Waals surface area contributed by atoms with Crippen LogP contribution in [-0.2, 0) is 16.0 Å². The molecule has 112 valence electrons. The average Bonchev–Trinajstić information content (AvgIpc) is 2.87. The molecule has 0 radical (unpaired) electrons. The second-order valence-corrected chi connectivity index (χ2v) is 4.53. The molecule has 0 aliphatic carbocycles. The second-order valence-electron chi connectivity index (χ2n) is 4.53. The molecular formula is C15H18N2O4. The Balaban J connectivity index is 1.99. The van der Waals surface area contributed by atoms with E-state index in [-0.39, 0.29) is 24.8 Å². The second kappa shape index (κ2) is 6.78. The van der Waals surface area contributed by atoms with Gasteiger partial charge < -0.3 is 19.8 Å². The number of benzene rings is 1. The summed E-state index contributed by atoms with van der Waals surface area (Å²) in [4.78, 5) is 23.1. The van der Waals surface area contributed by atoms with Crippen molar-refractivity contribution in [3.8, 4) is 5.75 Å². The van der Waals surface area contributed by atoms with Gasteiger partial charge in [0.2, 0.25) is 11.8 Å². The first kappa shape index (κ1) is 14.9. The number of hydrogen-bond acceptors (Lipinski definition) is 4. The molecular weight excluding hydrogens is 272 g/mol. The number of fused-ring (bicyclic) bond motifs is 1. The van der Waals surface area contributed by atoms with Crippen LogP contribution in [0.1, 0.15) is 12.5 Å². The van der Waals surface area contributed by atoms with Crippen LogP contribution in [-0.4, -0.2) is 32.0 Å². The number of furan rings is 1. The highest BCUT2D eigenvalue weighted by Crippen LogP contribution is 2.25. The molecule has 0 saturated heterocycles. The van der Waals surface area contributed by atoms with Gasteiger partial charge in [-0.05, 0) is 19.1 Å². The van der Waals surface area contributed by atoms with Crippen LogP contribution in [0.25, 0.3) is 11.0 Å². The third kappa shape index (κ3) is 3.75. The highest BCUT2D eigenvalue weighted by atomic mass is 16.5. The van der Waals surface area contributed by atoms with Crippen molar-refractivity contribution in [1.29, 1.82) is 0 Å². The molecule has 2 N–H and O–H groups in total. The number of methoxy groups -OCH3 is 1. The van der Waals surface area contributed by atoms with Crippen LogP contribution in [0.2, 0.25) is 0 Å². The third-order valence-corrected chi connectivity index (χ3v) is 3.03. The van der Waals surface area contributed by atoms with E-state index in [9.17, 15) is 9.59 Å². The predicted molar refractivity (Wildman–Crippen MR) is 78.2 cm³/mol. The van der Waals surface area contributed by atoms with Gasteiger partial charge in [-0.1, -0.05) is 0 Å².